The van der Waals surface area contributed by atoms with E-state index in [1.807, 2.05) is 30.0 Å². The first kappa shape index (κ1) is 15.8. The van der Waals surface area contributed by atoms with Gasteiger partial charge in [0.25, 0.3) is 11.5 Å². The van der Waals surface area contributed by atoms with Crippen LogP contribution in [0.15, 0.2) is 41.5 Å². The zero-order chi connectivity index (χ0) is 17.4. The lowest BCUT2D eigenvalue weighted by Gasteiger charge is -2.36. The Hall–Kier alpha value is -2.67. The number of carbonyl (C=O) groups is 1. The lowest BCUT2D eigenvalue weighted by atomic mass is 10.2. The molecule has 3 heterocycles. The topological polar surface area (TPSA) is 69.3 Å². The highest BCUT2D eigenvalue weighted by atomic mass is 32.1. The van der Waals surface area contributed by atoms with Crippen molar-refractivity contribution in [2.24, 2.45) is 0 Å². The molecule has 1 aromatic carbocycles. The van der Waals surface area contributed by atoms with E-state index in [0.717, 1.165) is 18.7 Å². The maximum atomic E-state index is 12.9. The smallest absolute Gasteiger partial charge is 0.264 e. The van der Waals surface area contributed by atoms with Crippen molar-refractivity contribution in [3.8, 4) is 0 Å². The van der Waals surface area contributed by atoms with Crippen molar-refractivity contribution in [3.05, 3.63) is 57.5 Å². The van der Waals surface area contributed by atoms with Crippen LogP contribution in [0.2, 0.25) is 0 Å². The number of anilines is 1. The van der Waals surface area contributed by atoms with Gasteiger partial charge in [0.15, 0.2) is 0 Å². The van der Waals surface area contributed by atoms with Crippen LogP contribution in [0.5, 0.6) is 0 Å². The third kappa shape index (κ3) is 2.80. The van der Waals surface area contributed by atoms with Gasteiger partial charge in [0.2, 0.25) is 0 Å². The SMILES string of the molecule is Cc1c(C(=O)N2CCN(c3ccccc3)CC2)sc2nc[nH]c(=O)c12. The molecule has 1 aliphatic rings. The molecule has 0 radical (unpaired) electrons. The maximum Gasteiger partial charge on any atom is 0.264 e. The highest BCUT2D eigenvalue weighted by Gasteiger charge is 2.26. The van der Waals surface area contributed by atoms with Crippen molar-refractivity contribution in [2.45, 2.75) is 6.92 Å². The molecule has 0 atom stereocenters. The molecular weight excluding hydrogens is 336 g/mol. The number of fused-ring (bicyclic) bond motifs is 1. The van der Waals surface area contributed by atoms with Gasteiger partial charge in [-0.2, -0.15) is 0 Å². The van der Waals surface area contributed by atoms with Gasteiger partial charge in [0.1, 0.15) is 4.83 Å². The summed E-state index contributed by atoms with van der Waals surface area (Å²) in [6.07, 6.45) is 1.38. The predicted molar refractivity (Wildman–Crippen MR) is 99.5 cm³/mol. The Labute approximate surface area is 148 Å². The van der Waals surface area contributed by atoms with Gasteiger partial charge in [0, 0.05) is 31.9 Å². The zero-order valence-electron chi connectivity index (χ0n) is 13.9. The van der Waals surface area contributed by atoms with E-state index in [4.69, 9.17) is 0 Å². The summed E-state index contributed by atoms with van der Waals surface area (Å²) in [5.74, 6) is -0.00684. The van der Waals surface area contributed by atoms with E-state index >= 15 is 0 Å². The van der Waals surface area contributed by atoms with Crippen molar-refractivity contribution >= 4 is 33.1 Å². The fourth-order valence-electron chi connectivity index (χ4n) is 3.23. The molecule has 1 saturated heterocycles. The van der Waals surface area contributed by atoms with Crippen molar-refractivity contribution in [1.29, 1.82) is 0 Å². The average molecular weight is 354 g/mol. The van der Waals surface area contributed by atoms with Crippen LogP contribution in [0.25, 0.3) is 10.2 Å². The van der Waals surface area contributed by atoms with E-state index in [2.05, 4.69) is 27.0 Å². The molecule has 0 saturated carbocycles. The molecule has 0 aliphatic carbocycles. The summed E-state index contributed by atoms with van der Waals surface area (Å²) in [5.41, 5.74) is 1.72. The third-order valence-electron chi connectivity index (χ3n) is 4.62. The number of aryl methyl sites for hydroxylation is 1. The van der Waals surface area contributed by atoms with E-state index in [1.165, 1.54) is 23.4 Å². The average Bonchev–Trinajstić information content (AvgIpc) is 3.00. The number of aromatic nitrogens is 2. The summed E-state index contributed by atoms with van der Waals surface area (Å²) < 4.78 is 0. The molecular formula is C18H18N4O2S. The molecule has 6 nitrogen and oxygen atoms in total. The number of thiophene rings is 1. The van der Waals surface area contributed by atoms with Crippen LogP contribution >= 0.6 is 11.3 Å². The van der Waals surface area contributed by atoms with Crippen LogP contribution in [0.3, 0.4) is 0 Å². The first-order chi connectivity index (χ1) is 12.1. The van der Waals surface area contributed by atoms with Gasteiger partial charge in [-0.15, -0.1) is 11.3 Å². The summed E-state index contributed by atoms with van der Waals surface area (Å²) in [7, 11) is 0. The lowest BCUT2D eigenvalue weighted by molar-refractivity contribution is 0.0751. The van der Waals surface area contributed by atoms with Gasteiger partial charge >= 0.3 is 0 Å². The number of benzene rings is 1. The van der Waals surface area contributed by atoms with Gasteiger partial charge in [0.05, 0.1) is 16.6 Å². The quantitative estimate of drug-likeness (QED) is 0.766. The van der Waals surface area contributed by atoms with Gasteiger partial charge in [-0.1, -0.05) is 18.2 Å². The number of piperazine rings is 1. The van der Waals surface area contributed by atoms with Crippen molar-refractivity contribution in [2.75, 3.05) is 31.1 Å². The third-order valence-corrected chi connectivity index (χ3v) is 5.80. The van der Waals surface area contributed by atoms with Gasteiger partial charge in [-0.05, 0) is 24.6 Å². The minimum absolute atomic E-state index is 0.00684. The number of amides is 1. The number of carbonyl (C=O) groups excluding carboxylic acids is 1. The Morgan fingerprint density at radius 1 is 1.16 bits per heavy atom. The van der Waals surface area contributed by atoms with Crippen LogP contribution in [0.1, 0.15) is 15.2 Å². The number of nitrogens with zero attached hydrogens (tertiary/aromatic N) is 3. The summed E-state index contributed by atoms with van der Waals surface area (Å²) in [5, 5.41) is 0.527. The molecule has 1 fully saturated rings. The fraction of sp³-hybridized carbons (Fsp3) is 0.278. The molecule has 1 amide bonds. The normalized spacial score (nSPS) is 14.9. The minimum Gasteiger partial charge on any atom is -0.368 e. The van der Waals surface area contributed by atoms with Crippen LogP contribution in [-0.2, 0) is 0 Å². The number of para-hydroxylation sites is 1. The molecule has 128 valence electrons. The molecule has 0 spiro atoms. The fourth-order valence-corrected chi connectivity index (χ4v) is 4.35. The van der Waals surface area contributed by atoms with E-state index in [-0.39, 0.29) is 11.5 Å². The van der Waals surface area contributed by atoms with Crippen molar-refractivity contribution < 1.29 is 4.79 Å². The number of rotatable bonds is 2. The summed E-state index contributed by atoms with van der Waals surface area (Å²) in [4.78, 5) is 37.1. The second-order valence-electron chi connectivity index (χ2n) is 6.08. The summed E-state index contributed by atoms with van der Waals surface area (Å²) in [6.45, 7) is 4.77. The number of nitrogens with one attached hydrogen (secondary N) is 1. The Morgan fingerprint density at radius 3 is 2.56 bits per heavy atom. The van der Waals surface area contributed by atoms with Crippen LogP contribution in [-0.4, -0.2) is 47.0 Å². The highest BCUT2D eigenvalue weighted by Crippen LogP contribution is 2.28. The molecule has 4 rings (SSSR count). The number of hydrogen-bond acceptors (Lipinski definition) is 5. The second kappa shape index (κ2) is 6.33. The van der Waals surface area contributed by atoms with Crippen LogP contribution in [0, 0.1) is 6.92 Å². The van der Waals surface area contributed by atoms with E-state index in [9.17, 15) is 9.59 Å². The standard InChI is InChI=1S/C18H18N4O2S/c1-12-14-16(23)19-11-20-17(14)25-15(12)18(24)22-9-7-21(8-10-22)13-5-3-2-4-6-13/h2-6,11H,7-10H2,1H3,(H,19,20,23). The molecule has 0 bridgehead atoms. The molecule has 7 heteroatoms. The second-order valence-corrected chi connectivity index (χ2v) is 7.08. The van der Waals surface area contributed by atoms with Crippen molar-refractivity contribution in [1.82, 2.24) is 14.9 Å². The van der Waals surface area contributed by atoms with E-state index in [1.54, 1.807) is 0 Å². The number of hydrogen-bond donors (Lipinski definition) is 1. The first-order valence-corrected chi connectivity index (χ1v) is 9.03. The molecule has 25 heavy (non-hydrogen) atoms. The molecule has 3 aromatic rings. The van der Waals surface area contributed by atoms with Gasteiger partial charge in [-0.3, -0.25) is 9.59 Å². The number of aromatic amines is 1. The van der Waals surface area contributed by atoms with Crippen LogP contribution in [0.4, 0.5) is 5.69 Å². The van der Waals surface area contributed by atoms with Crippen LogP contribution < -0.4 is 10.5 Å². The zero-order valence-corrected chi connectivity index (χ0v) is 14.7. The lowest BCUT2D eigenvalue weighted by Crippen LogP contribution is -2.48. The molecule has 2 aromatic heterocycles. The largest absolute Gasteiger partial charge is 0.368 e. The monoisotopic (exact) mass is 354 g/mol. The Morgan fingerprint density at radius 2 is 1.88 bits per heavy atom. The summed E-state index contributed by atoms with van der Waals surface area (Å²) in [6, 6.07) is 10.2. The Kier molecular flexibility index (Phi) is 4.01. The number of H-pyrrole nitrogens is 1. The minimum atomic E-state index is -0.188. The van der Waals surface area contributed by atoms with E-state index in [0.29, 0.717) is 28.2 Å². The maximum absolute atomic E-state index is 12.9. The van der Waals surface area contributed by atoms with Gasteiger partial charge < -0.3 is 14.8 Å². The Balaban J connectivity index is 1.54. The van der Waals surface area contributed by atoms with Crippen molar-refractivity contribution in [3.63, 3.8) is 0 Å². The first-order valence-electron chi connectivity index (χ1n) is 8.21. The Bertz CT molecular complexity index is 972. The highest BCUT2D eigenvalue weighted by molar-refractivity contribution is 7.20. The molecule has 1 N–H and O–H groups in total. The molecule has 0 unspecified atom stereocenters. The van der Waals surface area contributed by atoms with Gasteiger partial charge in [-0.25, -0.2) is 4.98 Å². The summed E-state index contributed by atoms with van der Waals surface area (Å²) >= 11 is 1.30. The van der Waals surface area contributed by atoms with E-state index < -0.39 is 0 Å². The predicted octanol–water partition coefficient (Wildman–Crippen LogP) is 2.26. The molecule has 1 aliphatic heterocycles.